The van der Waals surface area contributed by atoms with Crippen molar-refractivity contribution in [2.45, 2.75) is 83.3 Å². The molecule has 2 aliphatic heterocycles. The quantitative estimate of drug-likeness (QED) is 0.539. The average Bonchev–Trinajstić information content (AvgIpc) is 3.14. The summed E-state index contributed by atoms with van der Waals surface area (Å²) in [6.07, 6.45) is 8.88. The number of nitrogens with zero attached hydrogens (tertiary/aromatic N) is 1. The van der Waals surface area contributed by atoms with Gasteiger partial charge >= 0.3 is 0 Å². The third-order valence-electron chi connectivity index (χ3n) is 7.59. The van der Waals surface area contributed by atoms with Crippen molar-refractivity contribution in [3.8, 4) is 0 Å². The van der Waals surface area contributed by atoms with Gasteiger partial charge in [-0.2, -0.15) is 0 Å². The van der Waals surface area contributed by atoms with Gasteiger partial charge in [-0.1, -0.05) is 25.8 Å². The molecule has 1 saturated carbocycles. The minimum Gasteiger partial charge on any atom is -0.382 e. The molecule has 4 N–H and O–H groups in total. The van der Waals surface area contributed by atoms with Crippen molar-refractivity contribution in [2.75, 3.05) is 11.9 Å². The minimum atomic E-state index is -0.581. The van der Waals surface area contributed by atoms with E-state index >= 15 is 0 Å². The number of carbonyl (C=O) groups excluding carboxylic acids is 3. The summed E-state index contributed by atoms with van der Waals surface area (Å²) in [5, 5.41) is 6.19. The van der Waals surface area contributed by atoms with Crippen LogP contribution in [0.4, 0.5) is 5.69 Å². The molecule has 174 valence electrons. The number of imide groups is 1. The van der Waals surface area contributed by atoms with Gasteiger partial charge < -0.3 is 16.0 Å². The molecule has 1 saturated heterocycles. The first-order valence-electron chi connectivity index (χ1n) is 12.2. The highest BCUT2D eigenvalue weighted by Crippen LogP contribution is 2.36. The monoisotopic (exact) mass is 440 g/mol. The van der Waals surface area contributed by atoms with E-state index in [0.29, 0.717) is 36.4 Å². The zero-order valence-corrected chi connectivity index (χ0v) is 19.1. The van der Waals surface area contributed by atoms with Gasteiger partial charge in [0.25, 0.3) is 5.91 Å². The van der Waals surface area contributed by atoms with Crippen molar-refractivity contribution in [2.24, 2.45) is 17.6 Å². The number of nitrogens with one attached hydrogen (secondary N) is 2. The summed E-state index contributed by atoms with van der Waals surface area (Å²) in [4.78, 5) is 38.7. The van der Waals surface area contributed by atoms with E-state index in [4.69, 9.17) is 5.73 Å². The lowest BCUT2D eigenvalue weighted by atomic mass is 9.77. The molecule has 0 spiro atoms. The van der Waals surface area contributed by atoms with E-state index in [-0.39, 0.29) is 24.1 Å². The first-order valence-corrected chi connectivity index (χ1v) is 12.2. The van der Waals surface area contributed by atoms with Crippen molar-refractivity contribution in [1.82, 2.24) is 10.2 Å². The third-order valence-corrected chi connectivity index (χ3v) is 7.59. The predicted molar refractivity (Wildman–Crippen MR) is 124 cm³/mol. The molecule has 3 aliphatic rings. The number of rotatable bonds is 8. The Labute approximate surface area is 190 Å². The molecular weight excluding hydrogens is 404 g/mol. The van der Waals surface area contributed by atoms with Gasteiger partial charge in [-0.3, -0.25) is 19.7 Å². The van der Waals surface area contributed by atoms with Gasteiger partial charge in [0.15, 0.2) is 0 Å². The number of hydrogen-bond donors (Lipinski definition) is 3. The number of piperidine rings is 1. The van der Waals surface area contributed by atoms with E-state index in [1.165, 1.54) is 32.1 Å². The Hall–Kier alpha value is -2.41. The van der Waals surface area contributed by atoms with Crippen molar-refractivity contribution >= 4 is 23.4 Å². The Morgan fingerprint density at radius 3 is 2.62 bits per heavy atom. The van der Waals surface area contributed by atoms with Gasteiger partial charge in [0.2, 0.25) is 11.8 Å². The van der Waals surface area contributed by atoms with Crippen LogP contribution in [0.15, 0.2) is 18.2 Å². The Kier molecular flexibility index (Phi) is 7.13. The number of fused-ring (bicyclic) bond motifs is 1. The van der Waals surface area contributed by atoms with Gasteiger partial charge in [0.1, 0.15) is 6.04 Å². The normalized spacial score (nSPS) is 26.6. The second kappa shape index (κ2) is 10.0. The average molecular weight is 441 g/mol. The van der Waals surface area contributed by atoms with Crippen LogP contribution in [-0.4, -0.2) is 41.2 Å². The molecule has 7 heteroatoms. The molecule has 4 rings (SSSR count). The van der Waals surface area contributed by atoms with Crippen LogP contribution in [0.25, 0.3) is 0 Å². The smallest absolute Gasteiger partial charge is 0.255 e. The Morgan fingerprint density at radius 2 is 1.94 bits per heavy atom. The number of unbranched alkanes of at least 4 members (excludes halogenated alkanes) is 1. The number of hydrogen-bond acceptors (Lipinski definition) is 5. The van der Waals surface area contributed by atoms with Crippen LogP contribution >= 0.6 is 0 Å². The van der Waals surface area contributed by atoms with E-state index in [2.05, 4.69) is 23.6 Å². The molecule has 0 bridgehead atoms. The summed E-state index contributed by atoms with van der Waals surface area (Å²) in [5.74, 6) is 0.518. The van der Waals surface area contributed by atoms with E-state index in [1.807, 2.05) is 12.1 Å². The molecule has 2 fully saturated rings. The molecule has 1 aromatic carbocycles. The number of amides is 3. The summed E-state index contributed by atoms with van der Waals surface area (Å²) < 4.78 is 0. The zero-order chi connectivity index (χ0) is 22.7. The molecular formula is C25H36N4O3. The molecule has 7 nitrogen and oxygen atoms in total. The highest BCUT2D eigenvalue weighted by atomic mass is 16.2. The Bertz CT molecular complexity index is 863. The summed E-state index contributed by atoms with van der Waals surface area (Å²) >= 11 is 0. The SMILES string of the molecule is CCCC[C@H](Nc1cccc2c1CN([C@H]1CCC(=O)NC1=O)C2=O)C1CCC(CN)CC1. The highest BCUT2D eigenvalue weighted by Gasteiger charge is 2.40. The molecule has 0 unspecified atom stereocenters. The van der Waals surface area contributed by atoms with Crippen LogP contribution in [0.5, 0.6) is 0 Å². The maximum atomic E-state index is 13.1. The van der Waals surface area contributed by atoms with Crippen LogP contribution in [-0.2, 0) is 16.1 Å². The lowest BCUT2D eigenvalue weighted by molar-refractivity contribution is -0.136. The number of anilines is 1. The summed E-state index contributed by atoms with van der Waals surface area (Å²) in [7, 11) is 0. The van der Waals surface area contributed by atoms with Crippen molar-refractivity contribution in [3.63, 3.8) is 0 Å². The molecule has 2 heterocycles. The van der Waals surface area contributed by atoms with E-state index < -0.39 is 6.04 Å². The molecule has 32 heavy (non-hydrogen) atoms. The molecule has 0 radical (unpaired) electrons. The molecule has 1 aromatic rings. The van der Waals surface area contributed by atoms with Gasteiger partial charge in [-0.05, 0) is 69.0 Å². The van der Waals surface area contributed by atoms with Gasteiger partial charge in [0.05, 0.1) is 0 Å². The fraction of sp³-hybridized carbons (Fsp3) is 0.640. The highest BCUT2D eigenvalue weighted by molar-refractivity contribution is 6.06. The van der Waals surface area contributed by atoms with Gasteiger partial charge in [-0.25, -0.2) is 0 Å². The maximum Gasteiger partial charge on any atom is 0.255 e. The lowest BCUT2D eigenvalue weighted by Crippen LogP contribution is -2.52. The van der Waals surface area contributed by atoms with Gasteiger partial charge in [0, 0.05) is 35.8 Å². The number of carbonyl (C=O) groups is 3. The lowest BCUT2D eigenvalue weighted by Gasteiger charge is -2.35. The van der Waals surface area contributed by atoms with Crippen molar-refractivity contribution < 1.29 is 14.4 Å². The van der Waals surface area contributed by atoms with Crippen LogP contribution < -0.4 is 16.4 Å². The van der Waals surface area contributed by atoms with Crippen LogP contribution in [0.1, 0.15) is 80.6 Å². The summed E-state index contributed by atoms with van der Waals surface area (Å²) in [6.45, 7) is 3.41. The first-order chi connectivity index (χ1) is 15.5. The number of nitrogens with two attached hydrogens (primary N) is 1. The molecule has 0 aromatic heterocycles. The fourth-order valence-electron chi connectivity index (χ4n) is 5.60. The fourth-order valence-corrected chi connectivity index (χ4v) is 5.60. The summed E-state index contributed by atoms with van der Waals surface area (Å²) in [5.41, 5.74) is 8.54. The topological polar surface area (TPSA) is 105 Å². The molecule has 3 amide bonds. The first kappa shape index (κ1) is 22.8. The second-order valence-corrected chi connectivity index (χ2v) is 9.64. The van der Waals surface area contributed by atoms with Crippen LogP contribution in [0, 0.1) is 11.8 Å². The zero-order valence-electron chi connectivity index (χ0n) is 19.1. The van der Waals surface area contributed by atoms with Crippen LogP contribution in [0.2, 0.25) is 0 Å². The Morgan fingerprint density at radius 1 is 1.16 bits per heavy atom. The van der Waals surface area contributed by atoms with Gasteiger partial charge in [-0.15, -0.1) is 0 Å². The van der Waals surface area contributed by atoms with Crippen molar-refractivity contribution in [3.05, 3.63) is 29.3 Å². The van der Waals surface area contributed by atoms with E-state index in [0.717, 1.165) is 30.6 Å². The predicted octanol–water partition coefficient (Wildman–Crippen LogP) is 3.18. The Balaban J connectivity index is 1.51. The van der Waals surface area contributed by atoms with Crippen LogP contribution in [0.3, 0.4) is 0 Å². The maximum absolute atomic E-state index is 13.1. The largest absolute Gasteiger partial charge is 0.382 e. The minimum absolute atomic E-state index is 0.119. The third kappa shape index (κ3) is 4.68. The summed E-state index contributed by atoms with van der Waals surface area (Å²) in [6, 6.07) is 5.63. The molecule has 1 aliphatic carbocycles. The van der Waals surface area contributed by atoms with E-state index in [9.17, 15) is 14.4 Å². The number of benzene rings is 1. The second-order valence-electron chi connectivity index (χ2n) is 9.64. The van der Waals surface area contributed by atoms with E-state index in [1.54, 1.807) is 4.90 Å². The standard InChI is InChI=1S/C25H36N4O3/c1-2-3-6-20(17-10-8-16(14-26)9-11-17)27-21-7-4-5-18-19(21)15-29(25(18)32)22-12-13-23(30)28-24(22)31/h4-5,7,16-17,20,22,27H,2-3,6,8-15,26H2,1H3,(H,28,30,31)/t16?,17?,20-,22-/m0/s1. The van der Waals surface area contributed by atoms with Crippen molar-refractivity contribution in [1.29, 1.82) is 0 Å². The molecule has 2 atom stereocenters.